The minimum Gasteiger partial charge on any atom is -0.347 e. The fraction of sp³-hybridized carbons (Fsp3) is 0.450. The molecule has 0 saturated carbocycles. The topological polar surface area (TPSA) is 76.0 Å². The van der Waals surface area contributed by atoms with Gasteiger partial charge in [0.15, 0.2) is 11.5 Å². The maximum absolute atomic E-state index is 12.8. The van der Waals surface area contributed by atoms with Crippen molar-refractivity contribution in [3.63, 3.8) is 0 Å². The molecule has 2 amide bonds. The number of hydrogen-bond acceptors (Lipinski definition) is 3. The number of amides is 2. The molecule has 0 atom stereocenters. The second-order valence-corrected chi connectivity index (χ2v) is 7.22. The van der Waals surface area contributed by atoms with Crippen molar-refractivity contribution in [2.24, 2.45) is 0 Å². The van der Waals surface area contributed by atoms with E-state index in [1.165, 1.54) is 5.56 Å². The molecule has 0 spiro atoms. The Balaban J connectivity index is 1.91. The lowest BCUT2D eigenvalue weighted by Crippen LogP contribution is -2.33. The summed E-state index contributed by atoms with van der Waals surface area (Å²) in [5.41, 5.74) is 4.24. The summed E-state index contributed by atoms with van der Waals surface area (Å²) in [5.74, 6) is -0.158. The first-order valence-corrected chi connectivity index (χ1v) is 9.15. The Morgan fingerprint density at radius 3 is 2.58 bits per heavy atom. The third kappa shape index (κ3) is 3.64. The van der Waals surface area contributed by atoms with Crippen molar-refractivity contribution in [1.82, 2.24) is 14.9 Å². The molecule has 3 rings (SSSR count). The van der Waals surface area contributed by atoms with Crippen molar-refractivity contribution in [1.29, 1.82) is 0 Å². The first-order valence-electron chi connectivity index (χ1n) is 9.15. The van der Waals surface area contributed by atoms with Gasteiger partial charge < -0.3 is 15.2 Å². The molecule has 6 nitrogen and oxygen atoms in total. The Morgan fingerprint density at radius 1 is 1.12 bits per heavy atom. The monoisotopic (exact) mass is 354 g/mol. The Bertz CT molecular complexity index is 852. The van der Waals surface area contributed by atoms with Crippen LogP contribution in [0.15, 0.2) is 18.2 Å². The summed E-state index contributed by atoms with van der Waals surface area (Å²) < 4.78 is 1.90. The summed E-state index contributed by atoms with van der Waals surface area (Å²) in [4.78, 5) is 29.7. The second-order valence-electron chi connectivity index (χ2n) is 7.22. The van der Waals surface area contributed by atoms with Gasteiger partial charge >= 0.3 is 0 Å². The Morgan fingerprint density at radius 2 is 1.88 bits per heavy atom. The normalized spacial score (nSPS) is 13.4. The van der Waals surface area contributed by atoms with Gasteiger partial charge in [-0.1, -0.05) is 6.07 Å². The van der Waals surface area contributed by atoms with E-state index < -0.39 is 0 Å². The highest BCUT2D eigenvalue weighted by atomic mass is 16.2. The van der Waals surface area contributed by atoms with Crippen LogP contribution in [0.2, 0.25) is 0 Å². The molecule has 6 heteroatoms. The number of hydrogen-bond donors (Lipinski definition) is 2. The average molecular weight is 354 g/mol. The second kappa shape index (κ2) is 7.32. The number of benzene rings is 1. The Hall–Kier alpha value is -2.63. The molecule has 0 bridgehead atoms. The van der Waals surface area contributed by atoms with Crippen molar-refractivity contribution in [3.05, 3.63) is 46.5 Å². The molecular weight excluding hydrogens is 328 g/mol. The van der Waals surface area contributed by atoms with Gasteiger partial charge in [-0.2, -0.15) is 0 Å². The molecule has 138 valence electrons. The van der Waals surface area contributed by atoms with Crippen LogP contribution >= 0.6 is 0 Å². The molecule has 1 aromatic carbocycles. The average Bonchev–Trinajstić information content (AvgIpc) is 2.97. The minimum absolute atomic E-state index is 0.0202. The number of carbonyl (C=O) groups excluding carboxylic acids is 2. The predicted molar refractivity (Wildman–Crippen MR) is 102 cm³/mol. The Kier molecular flexibility index (Phi) is 5.11. The van der Waals surface area contributed by atoms with E-state index in [0.29, 0.717) is 11.5 Å². The number of carbonyl (C=O) groups is 2. The molecule has 0 unspecified atom stereocenters. The maximum atomic E-state index is 12.8. The van der Waals surface area contributed by atoms with Gasteiger partial charge in [0.05, 0.1) is 5.69 Å². The van der Waals surface area contributed by atoms with Crippen LogP contribution in [0.4, 0.5) is 5.69 Å². The molecule has 1 aliphatic heterocycles. The van der Waals surface area contributed by atoms with E-state index in [1.807, 2.05) is 50.5 Å². The number of aromatic nitrogens is 2. The molecule has 0 aliphatic carbocycles. The van der Waals surface area contributed by atoms with Gasteiger partial charge in [0.25, 0.3) is 11.8 Å². The third-order valence-electron chi connectivity index (χ3n) is 4.72. The SMILES string of the molecule is Cc1ccc(NC(=O)c2nc(C(=O)NC(C)C)n3c2CCCC3)cc1C. The van der Waals surface area contributed by atoms with Crippen LogP contribution in [0.1, 0.15) is 64.6 Å². The highest BCUT2D eigenvalue weighted by Crippen LogP contribution is 2.23. The number of imidazole rings is 1. The summed E-state index contributed by atoms with van der Waals surface area (Å²) in [6, 6.07) is 5.83. The zero-order chi connectivity index (χ0) is 18.8. The van der Waals surface area contributed by atoms with Crippen LogP contribution < -0.4 is 10.6 Å². The summed E-state index contributed by atoms with van der Waals surface area (Å²) in [6.45, 7) is 8.58. The molecule has 1 aromatic heterocycles. The van der Waals surface area contributed by atoms with Gasteiger partial charge in [0.2, 0.25) is 0 Å². The highest BCUT2D eigenvalue weighted by molar-refractivity contribution is 6.05. The lowest BCUT2D eigenvalue weighted by molar-refractivity contribution is 0.0927. The molecular formula is C20H26N4O2. The van der Waals surface area contributed by atoms with E-state index in [4.69, 9.17) is 0 Å². The van der Waals surface area contributed by atoms with E-state index in [9.17, 15) is 9.59 Å². The van der Waals surface area contributed by atoms with Crippen LogP contribution in [0.25, 0.3) is 0 Å². The van der Waals surface area contributed by atoms with Gasteiger partial charge in [-0.05, 0) is 70.2 Å². The summed E-state index contributed by atoms with van der Waals surface area (Å²) in [7, 11) is 0. The first kappa shape index (κ1) is 18.2. The lowest BCUT2D eigenvalue weighted by atomic mass is 10.1. The van der Waals surface area contributed by atoms with Crippen molar-refractivity contribution in [2.45, 2.75) is 59.5 Å². The smallest absolute Gasteiger partial charge is 0.287 e. The summed E-state index contributed by atoms with van der Waals surface area (Å²) in [6.07, 6.45) is 2.75. The molecule has 2 aromatic rings. The molecule has 1 aliphatic rings. The number of aryl methyl sites for hydroxylation is 2. The lowest BCUT2D eigenvalue weighted by Gasteiger charge is -2.17. The molecule has 2 N–H and O–H groups in total. The quantitative estimate of drug-likeness (QED) is 0.885. The van der Waals surface area contributed by atoms with Gasteiger partial charge in [0, 0.05) is 18.3 Å². The van der Waals surface area contributed by atoms with Crippen LogP contribution in [0.3, 0.4) is 0 Å². The van der Waals surface area contributed by atoms with E-state index in [0.717, 1.165) is 42.8 Å². The highest BCUT2D eigenvalue weighted by Gasteiger charge is 2.27. The number of nitrogens with one attached hydrogen (secondary N) is 2. The minimum atomic E-state index is -0.262. The maximum Gasteiger partial charge on any atom is 0.287 e. The zero-order valence-electron chi connectivity index (χ0n) is 15.8. The Labute approximate surface area is 154 Å². The van der Waals surface area contributed by atoms with E-state index >= 15 is 0 Å². The van der Waals surface area contributed by atoms with E-state index in [2.05, 4.69) is 15.6 Å². The third-order valence-corrected chi connectivity index (χ3v) is 4.72. The summed E-state index contributed by atoms with van der Waals surface area (Å²) in [5, 5.41) is 5.79. The number of anilines is 1. The number of fused-ring (bicyclic) bond motifs is 1. The first-order chi connectivity index (χ1) is 12.4. The van der Waals surface area contributed by atoms with Crippen LogP contribution in [-0.4, -0.2) is 27.4 Å². The van der Waals surface area contributed by atoms with Crippen molar-refractivity contribution in [2.75, 3.05) is 5.32 Å². The zero-order valence-corrected chi connectivity index (χ0v) is 15.8. The standard InChI is InChI=1S/C20H26N4O2/c1-12(2)21-20(26)18-23-17(16-7-5-6-10-24(16)18)19(25)22-15-9-8-13(3)14(4)11-15/h8-9,11-12H,5-7,10H2,1-4H3,(H,21,26)(H,22,25). The molecule has 0 fully saturated rings. The number of rotatable bonds is 4. The molecule has 2 heterocycles. The molecule has 0 saturated heterocycles. The largest absolute Gasteiger partial charge is 0.347 e. The van der Waals surface area contributed by atoms with Crippen LogP contribution in [0.5, 0.6) is 0 Å². The fourth-order valence-electron chi connectivity index (χ4n) is 3.23. The van der Waals surface area contributed by atoms with Crippen LogP contribution in [0, 0.1) is 13.8 Å². The van der Waals surface area contributed by atoms with Gasteiger partial charge in [-0.3, -0.25) is 9.59 Å². The molecule has 26 heavy (non-hydrogen) atoms. The van der Waals surface area contributed by atoms with Crippen LogP contribution in [-0.2, 0) is 13.0 Å². The van der Waals surface area contributed by atoms with Crippen molar-refractivity contribution >= 4 is 17.5 Å². The predicted octanol–water partition coefficient (Wildman–Crippen LogP) is 3.23. The van der Waals surface area contributed by atoms with Crippen molar-refractivity contribution < 1.29 is 9.59 Å². The molecule has 0 radical (unpaired) electrons. The number of nitrogens with zero attached hydrogens (tertiary/aromatic N) is 2. The van der Waals surface area contributed by atoms with E-state index in [1.54, 1.807) is 0 Å². The van der Waals surface area contributed by atoms with E-state index in [-0.39, 0.29) is 17.9 Å². The van der Waals surface area contributed by atoms with Gasteiger partial charge in [0.1, 0.15) is 0 Å². The van der Waals surface area contributed by atoms with Gasteiger partial charge in [-0.25, -0.2) is 4.98 Å². The summed E-state index contributed by atoms with van der Waals surface area (Å²) >= 11 is 0. The van der Waals surface area contributed by atoms with Crippen molar-refractivity contribution in [3.8, 4) is 0 Å². The fourth-order valence-corrected chi connectivity index (χ4v) is 3.23. The van der Waals surface area contributed by atoms with Gasteiger partial charge in [-0.15, -0.1) is 0 Å².